The van der Waals surface area contributed by atoms with Gasteiger partial charge in [-0.05, 0) is 36.4 Å². The number of fused-ring (bicyclic) bond motifs is 5. The molecule has 3 heterocycles. The van der Waals surface area contributed by atoms with Crippen LogP contribution in [0.2, 0.25) is 0 Å². The number of hydrogen-bond donors (Lipinski definition) is 0. The highest BCUT2D eigenvalue weighted by Crippen LogP contribution is 2.19. The van der Waals surface area contributed by atoms with Crippen LogP contribution in [0.3, 0.4) is 0 Å². The van der Waals surface area contributed by atoms with Crippen LogP contribution in [-0.4, -0.2) is 20.2 Å². The predicted octanol–water partition coefficient (Wildman–Crippen LogP) is 4.03. The van der Waals surface area contributed by atoms with E-state index in [4.69, 9.17) is 8.83 Å². The van der Waals surface area contributed by atoms with E-state index < -0.39 is 11.3 Å². The standard InChI is InChI=1S/C24H14N4O4/c29-23-17-5-1-3-7-19(17)27-28-20-8-4-2-6-18(20)24(30)32-22-14-26-12-10-16(22)15-9-11-25-13-21(15)31-23/h1-14H. The zero-order valence-corrected chi connectivity index (χ0v) is 16.5. The third-order valence-corrected chi connectivity index (χ3v) is 4.78. The quantitative estimate of drug-likeness (QED) is 0.368. The molecule has 32 heavy (non-hydrogen) atoms. The minimum Gasteiger partial charge on any atom is -0.421 e. The van der Waals surface area contributed by atoms with Crippen molar-refractivity contribution in [2.75, 3.05) is 0 Å². The molecular weight excluding hydrogens is 408 g/mol. The minimum atomic E-state index is -0.619. The van der Waals surface area contributed by atoms with Crippen LogP contribution in [0.5, 0.6) is 0 Å². The van der Waals surface area contributed by atoms with E-state index in [1.807, 2.05) is 0 Å². The van der Waals surface area contributed by atoms with E-state index in [1.165, 1.54) is 12.4 Å². The van der Waals surface area contributed by atoms with E-state index in [2.05, 4.69) is 20.2 Å². The molecule has 0 aliphatic heterocycles. The van der Waals surface area contributed by atoms with E-state index in [0.29, 0.717) is 21.8 Å². The monoisotopic (exact) mass is 422 g/mol. The van der Waals surface area contributed by atoms with Crippen LogP contribution in [0.4, 0.5) is 0 Å². The molecule has 0 N–H and O–H groups in total. The van der Waals surface area contributed by atoms with Gasteiger partial charge in [0.25, 0.3) is 0 Å². The molecule has 5 aromatic rings. The second kappa shape index (κ2) is 8.19. The van der Waals surface area contributed by atoms with Crippen LogP contribution < -0.4 is 11.3 Å². The van der Waals surface area contributed by atoms with Crippen molar-refractivity contribution >= 4 is 43.7 Å². The topological polar surface area (TPSA) is 112 Å². The number of rotatable bonds is 0. The highest BCUT2D eigenvalue weighted by Gasteiger charge is 2.04. The number of nitrogens with zero attached hydrogens (tertiary/aromatic N) is 4. The molecule has 0 spiro atoms. The Hall–Kier alpha value is -4.72. The van der Waals surface area contributed by atoms with Gasteiger partial charge in [0.05, 0.1) is 23.2 Å². The van der Waals surface area contributed by atoms with E-state index in [-0.39, 0.29) is 21.9 Å². The van der Waals surface area contributed by atoms with Gasteiger partial charge in [0.1, 0.15) is 11.0 Å². The van der Waals surface area contributed by atoms with E-state index >= 15 is 0 Å². The minimum absolute atomic E-state index is 0.199. The first kappa shape index (κ1) is 19.3. The number of benzene rings is 2. The fourth-order valence-electron chi connectivity index (χ4n) is 3.25. The third-order valence-electron chi connectivity index (χ3n) is 4.78. The lowest BCUT2D eigenvalue weighted by molar-refractivity contribution is 0.567. The maximum atomic E-state index is 13.0. The van der Waals surface area contributed by atoms with Gasteiger partial charge in [-0.15, -0.1) is 10.2 Å². The molecule has 0 unspecified atom stereocenters. The summed E-state index contributed by atoms with van der Waals surface area (Å²) in [6, 6.07) is 16.7. The van der Waals surface area contributed by atoms with Crippen LogP contribution in [0.1, 0.15) is 0 Å². The summed E-state index contributed by atoms with van der Waals surface area (Å²) in [5.41, 5.74) is -0.241. The van der Waals surface area contributed by atoms with Gasteiger partial charge >= 0.3 is 11.3 Å². The molecule has 0 atom stereocenters. The highest BCUT2D eigenvalue weighted by molar-refractivity contribution is 6.00. The Labute approximate surface area is 179 Å². The molecule has 5 rings (SSSR count). The molecule has 8 heteroatoms. The Balaban J connectivity index is 2.13. The molecule has 2 aromatic carbocycles. The molecule has 0 saturated heterocycles. The second-order valence-electron chi connectivity index (χ2n) is 6.76. The van der Waals surface area contributed by atoms with Crippen molar-refractivity contribution in [2.45, 2.75) is 0 Å². The second-order valence-corrected chi connectivity index (χ2v) is 6.76. The van der Waals surface area contributed by atoms with Crippen molar-refractivity contribution < 1.29 is 8.83 Å². The van der Waals surface area contributed by atoms with Gasteiger partial charge in [-0.1, -0.05) is 24.3 Å². The number of aromatic nitrogens is 4. The maximum Gasteiger partial charge on any atom is 0.345 e. The first-order valence-electron chi connectivity index (χ1n) is 9.63. The van der Waals surface area contributed by atoms with Crippen LogP contribution in [-0.2, 0) is 0 Å². The summed E-state index contributed by atoms with van der Waals surface area (Å²) >= 11 is 0. The SMILES string of the molecule is O=c1oc2cnccc2c2ccncc2oc(=O)c2ccccc2nnc2ccccc12. The molecule has 0 aliphatic rings. The molecule has 0 saturated carbocycles. The smallest absolute Gasteiger partial charge is 0.345 e. The molecule has 0 fully saturated rings. The van der Waals surface area contributed by atoms with Gasteiger partial charge in [0, 0.05) is 23.2 Å². The molecule has 0 radical (unpaired) electrons. The number of pyridine rings is 2. The van der Waals surface area contributed by atoms with Crippen molar-refractivity contribution in [3.05, 3.63) is 106 Å². The van der Waals surface area contributed by atoms with E-state index in [1.54, 1.807) is 73.1 Å². The summed E-state index contributed by atoms with van der Waals surface area (Å²) in [6.45, 7) is 0. The summed E-state index contributed by atoms with van der Waals surface area (Å²) in [4.78, 5) is 34.1. The maximum absolute atomic E-state index is 13.0. The van der Waals surface area contributed by atoms with Crippen molar-refractivity contribution in [1.29, 1.82) is 0 Å². The summed E-state index contributed by atoms with van der Waals surface area (Å²) in [5.74, 6) is 0. The first-order valence-corrected chi connectivity index (χ1v) is 9.63. The average molecular weight is 422 g/mol. The van der Waals surface area contributed by atoms with Gasteiger partial charge in [0.2, 0.25) is 0 Å². The third kappa shape index (κ3) is 3.61. The highest BCUT2D eigenvalue weighted by atomic mass is 16.4. The molecule has 8 nitrogen and oxygen atoms in total. The van der Waals surface area contributed by atoms with Gasteiger partial charge < -0.3 is 8.83 Å². The zero-order valence-electron chi connectivity index (χ0n) is 16.5. The molecule has 0 aliphatic carbocycles. The van der Waals surface area contributed by atoms with Gasteiger partial charge in [0.15, 0.2) is 11.2 Å². The van der Waals surface area contributed by atoms with Crippen molar-refractivity contribution in [3.63, 3.8) is 0 Å². The fourth-order valence-corrected chi connectivity index (χ4v) is 3.25. The Morgan fingerprint density at radius 1 is 0.531 bits per heavy atom. The summed E-state index contributed by atoms with van der Waals surface area (Å²) < 4.78 is 11.3. The Morgan fingerprint density at radius 2 is 0.969 bits per heavy atom. The van der Waals surface area contributed by atoms with Crippen LogP contribution in [0.25, 0.3) is 43.7 Å². The largest absolute Gasteiger partial charge is 0.421 e. The lowest BCUT2D eigenvalue weighted by Crippen LogP contribution is -1.99. The lowest BCUT2D eigenvalue weighted by Gasteiger charge is -1.97. The molecule has 3 aromatic heterocycles. The fraction of sp³-hybridized carbons (Fsp3) is 0. The molecule has 0 amide bonds. The lowest BCUT2D eigenvalue weighted by atomic mass is 10.2. The van der Waals surface area contributed by atoms with Gasteiger partial charge in [-0.2, -0.15) is 0 Å². The Kier molecular flexibility index (Phi) is 4.93. The zero-order chi connectivity index (χ0) is 21.9. The Bertz CT molecular complexity index is 1610. The predicted molar refractivity (Wildman–Crippen MR) is 120 cm³/mol. The van der Waals surface area contributed by atoms with Crippen molar-refractivity contribution in [3.8, 4) is 0 Å². The van der Waals surface area contributed by atoms with Gasteiger partial charge in [-0.3, -0.25) is 9.97 Å². The molecular formula is C24H14N4O4. The van der Waals surface area contributed by atoms with E-state index in [9.17, 15) is 9.59 Å². The first-order chi connectivity index (χ1) is 15.7. The Morgan fingerprint density at radius 3 is 1.44 bits per heavy atom. The molecule has 154 valence electrons. The van der Waals surface area contributed by atoms with Crippen molar-refractivity contribution in [2.24, 2.45) is 0 Å². The summed E-state index contributed by atoms with van der Waals surface area (Å²) in [7, 11) is 0. The molecule has 0 bridgehead atoms. The average Bonchev–Trinajstić information content (AvgIpc) is 2.83. The summed E-state index contributed by atoms with van der Waals surface area (Å²) in [5, 5.41) is 9.85. The van der Waals surface area contributed by atoms with Crippen LogP contribution >= 0.6 is 0 Å². The normalized spacial score (nSPS) is 10.8. The van der Waals surface area contributed by atoms with Crippen LogP contribution in [0.15, 0.2) is 104 Å². The van der Waals surface area contributed by atoms with Crippen LogP contribution in [0, 0.1) is 0 Å². The van der Waals surface area contributed by atoms with Crippen molar-refractivity contribution in [1.82, 2.24) is 20.2 Å². The summed E-state index contributed by atoms with van der Waals surface area (Å²) in [6.07, 6.45) is 5.95. The number of hydrogen-bond acceptors (Lipinski definition) is 8. The van der Waals surface area contributed by atoms with Gasteiger partial charge in [-0.25, -0.2) is 9.59 Å². The van der Waals surface area contributed by atoms with E-state index in [0.717, 1.165) is 0 Å².